The fraction of sp³-hybridized carbons (Fsp3) is 0.565. The Morgan fingerprint density at radius 3 is 2.77 bits per heavy atom. The minimum absolute atomic E-state index is 0.197. The zero-order valence-corrected chi connectivity index (χ0v) is 18.2. The molecule has 2 aliphatic rings. The average Bonchev–Trinajstić information content (AvgIpc) is 2.76. The first-order valence-corrected chi connectivity index (χ1v) is 11.1. The fourth-order valence-corrected chi connectivity index (χ4v) is 4.07. The van der Waals surface area contributed by atoms with E-state index in [4.69, 9.17) is 25.8 Å². The first-order chi connectivity index (χ1) is 14.6. The lowest BCUT2D eigenvalue weighted by Gasteiger charge is -2.26. The Labute approximate surface area is 182 Å². The van der Waals surface area contributed by atoms with Gasteiger partial charge in [0.05, 0.1) is 24.7 Å². The minimum Gasteiger partial charge on any atom is -0.474 e. The molecule has 1 saturated carbocycles. The molecule has 1 aromatic carbocycles. The van der Waals surface area contributed by atoms with Crippen LogP contribution >= 0.6 is 11.6 Å². The van der Waals surface area contributed by atoms with Crippen molar-refractivity contribution < 1.29 is 23.8 Å². The van der Waals surface area contributed by atoms with Gasteiger partial charge >= 0.3 is 11.9 Å². The largest absolute Gasteiger partial charge is 0.474 e. The number of esters is 2. The lowest BCUT2D eigenvalue weighted by molar-refractivity contribution is -0.149. The van der Waals surface area contributed by atoms with Crippen LogP contribution in [-0.2, 0) is 19.1 Å². The summed E-state index contributed by atoms with van der Waals surface area (Å²) in [6.07, 6.45) is 7.36. The number of fused-ring (bicyclic) bond motifs is 1. The SMILES string of the molecule is CCOC(=O)C1Oc2cccc(Cl)c2C=C1CNCCC(=O)OCC1CCCCC1. The van der Waals surface area contributed by atoms with Gasteiger partial charge in [-0.25, -0.2) is 4.79 Å². The molecule has 0 bridgehead atoms. The van der Waals surface area contributed by atoms with Crippen LogP contribution in [0.5, 0.6) is 5.75 Å². The zero-order valence-electron chi connectivity index (χ0n) is 17.5. The number of carbonyl (C=O) groups is 2. The highest BCUT2D eigenvalue weighted by Crippen LogP contribution is 2.34. The third-order valence-corrected chi connectivity index (χ3v) is 5.79. The maximum Gasteiger partial charge on any atom is 0.351 e. The molecule has 3 rings (SSSR count). The average molecular weight is 436 g/mol. The standard InChI is InChI=1S/C23H30ClNO5/c1-2-28-23(27)22-17(13-18-19(24)9-6-10-20(18)30-22)14-25-12-11-21(26)29-15-16-7-4-3-5-8-16/h6,9-10,13,16,22,25H,2-5,7-8,11-12,14-15H2,1H3. The van der Waals surface area contributed by atoms with Gasteiger partial charge in [-0.2, -0.15) is 0 Å². The van der Waals surface area contributed by atoms with Crippen LogP contribution < -0.4 is 10.1 Å². The molecular formula is C23H30ClNO5. The highest BCUT2D eigenvalue weighted by molar-refractivity contribution is 6.32. The fourth-order valence-electron chi connectivity index (χ4n) is 3.84. The zero-order chi connectivity index (χ0) is 21.3. The first kappa shape index (κ1) is 22.6. The van der Waals surface area contributed by atoms with E-state index < -0.39 is 12.1 Å². The Kier molecular flexibility index (Phi) is 8.58. The van der Waals surface area contributed by atoms with Gasteiger partial charge in [0.25, 0.3) is 0 Å². The molecular weight excluding hydrogens is 406 g/mol. The van der Waals surface area contributed by atoms with E-state index in [1.165, 1.54) is 19.3 Å². The minimum atomic E-state index is -0.832. The number of halogens is 1. The van der Waals surface area contributed by atoms with Gasteiger partial charge in [-0.05, 0) is 49.5 Å². The molecule has 0 saturated heterocycles. The predicted molar refractivity (Wildman–Crippen MR) is 115 cm³/mol. The quantitative estimate of drug-likeness (QED) is 0.464. The van der Waals surface area contributed by atoms with E-state index in [-0.39, 0.29) is 19.0 Å². The smallest absolute Gasteiger partial charge is 0.351 e. The topological polar surface area (TPSA) is 73.9 Å². The van der Waals surface area contributed by atoms with Crippen molar-refractivity contribution in [3.63, 3.8) is 0 Å². The van der Waals surface area contributed by atoms with E-state index in [0.29, 0.717) is 42.0 Å². The molecule has 0 spiro atoms. The molecule has 6 nitrogen and oxygen atoms in total. The number of ether oxygens (including phenoxy) is 3. The summed E-state index contributed by atoms with van der Waals surface area (Å²) in [5.41, 5.74) is 1.45. The normalized spacial score (nSPS) is 18.7. The van der Waals surface area contributed by atoms with Crippen molar-refractivity contribution in [2.45, 2.75) is 51.6 Å². The number of rotatable bonds is 9. The van der Waals surface area contributed by atoms with E-state index in [1.807, 2.05) is 6.08 Å². The van der Waals surface area contributed by atoms with Gasteiger partial charge in [0.2, 0.25) is 6.10 Å². The molecule has 1 atom stereocenters. The monoisotopic (exact) mass is 435 g/mol. The van der Waals surface area contributed by atoms with E-state index in [2.05, 4.69) is 5.32 Å². The molecule has 1 unspecified atom stereocenters. The van der Waals surface area contributed by atoms with Gasteiger partial charge in [-0.1, -0.05) is 36.9 Å². The van der Waals surface area contributed by atoms with Gasteiger partial charge < -0.3 is 19.5 Å². The van der Waals surface area contributed by atoms with Gasteiger partial charge in [0.15, 0.2) is 0 Å². The highest BCUT2D eigenvalue weighted by atomic mass is 35.5. The van der Waals surface area contributed by atoms with Crippen molar-refractivity contribution in [3.8, 4) is 5.75 Å². The van der Waals surface area contributed by atoms with Gasteiger partial charge in [-0.3, -0.25) is 4.79 Å². The summed E-state index contributed by atoms with van der Waals surface area (Å²) < 4.78 is 16.4. The van der Waals surface area contributed by atoms with Gasteiger partial charge in [-0.15, -0.1) is 0 Å². The van der Waals surface area contributed by atoms with Crippen molar-refractivity contribution in [1.82, 2.24) is 5.32 Å². The molecule has 1 aliphatic heterocycles. The summed E-state index contributed by atoms with van der Waals surface area (Å²) in [6, 6.07) is 5.33. The summed E-state index contributed by atoms with van der Waals surface area (Å²) >= 11 is 6.28. The Balaban J connectivity index is 1.50. The number of nitrogens with one attached hydrogen (secondary N) is 1. The van der Waals surface area contributed by atoms with Crippen LogP contribution in [-0.4, -0.2) is 44.3 Å². The van der Waals surface area contributed by atoms with E-state index in [9.17, 15) is 9.59 Å². The Morgan fingerprint density at radius 2 is 2.00 bits per heavy atom. The number of hydrogen-bond donors (Lipinski definition) is 1. The molecule has 1 aromatic rings. The third-order valence-electron chi connectivity index (χ3n) is 5.46. The van der Waals surface area contributed by atoms with Crippen molar-refractivity contribution >= 4 is 29.6 Å². The van der Waals surface area contributed by atoms with Crippen LogP contribution in [0, 0.1) is 5.92 Å². The molecule has 0 radical (unpaired) electrons. The summed E-state index contributed by atoms with van der Waals surface area (Å²) in [5.74, 6) is 0.422. The van der Waals surface area contributed by atoms with Gasteiger partial charge in [0, 0.05) is 18.7 Å². The second kappa shape index (κ2) is 11.4. The molecule has 0 amide bonds. The molecule has 30 heavy (non-hydrogen) atoms. The number of carbonyl (C=O) groups excluding carboxylic acids is 2. The lowest BCUT2D eigenvalue weighted by Crippen LogP contribution is -2.37. The highest BCUT2D eigenvalue weighted by Gasteiger charge is 2.31. The Hall–Kier alpha value is -2.05. The van der Waals surface area contributed by atoms with Crippen molar-refractivity contribution in [1.29, 1.82) is 0 Å². The molecule has 0 aromatic heterocycles. The maximum atomic E-state index is 12.4. The summed E-state index contributed by atoms with van der Waals surface area (Å²) in [4.78, 5) is 24.4. The van der Waals surface area contributed by atoms with Gasteiger partial charge in [0.1, 0.15) is 5.75 Å². The van der Waals surface area contributed by atoms with Crippen molar-refractivity contribution in [3.05, 3.63) is 34.4 Å². The Morgan fingerprint density at radius 1 is 1.20 bits per heavy atom. The maximum absolute atomic E-state index is 12.4. The van der Waals surface area contributed by atoms with E-state index in [0.717, 1.165) is 18.4 Å². The molecule has 7 heteroatoms. The van der Waals surface area contributed by atoms with Crippen LogP contribution in [0.4, 0.5) is 0 Å². The molecule has 1 fully saturated rings. The summed E-state index contributed by atoms with van der Waals surface area (Å²) in [5, 5.41) is 3.76. The molecule has 164 valence electrons. The predicted octanol–water partition coefficient (Wildman–Crippen LogP) is 4.15. The second-order valence-corrected chi connectivity index (χ2v) is 8.14. The summed E-state index contributed by atoms with van der Waals surface area (Å²) in [7, 11) is 0. The van der Waals surface area contributed by atoms with Crippen LogP contribution in [0.1, 0.15) is 51.0 Å². The number of benzene rings is 1. The van der Waals surface area contributed by atoms with Crippen molar-refractivity contribution in [2.75, 3.05) is 26.3 Å². The molecule has 1 heterocycles. The van der Waals surface area contributed by atoms with Crippen LogP contribution in [0.25, 0.3) is 6.08 Å². The lowest BCUT2D eigenvalue weighted by atomic mass is 9.90. The number of hydrogen-bond acceptors (Lipinski definition) is 6. The Bertz CT molecular complexity index is 773. The second-order valence-electron chi connectivity index (χ2n) is 7.73. The first-order valence-electron chi connectivity index (χ1n) is 10.8. The third kappa shape index (κ3) is 6.22. The molecule has 1 aliphatic carbocycles. The van der Waals surface area contributed by atoms with Crippen LogP contribution in [0.15, 0.2) is 23.8 Å². The summed E-state index contributed by atoms with van der Waals surface area (Å²) in [6.45, 7) is 3.38. The van der Waals surface area contributed by atoms with E-state index >= 15 is 0 Å². The van der Waals surface area contributed by atoms with Crippen LogP contribution in [0.3, 0.4) is 0 Å². The molecule has 1 N–H and O–H groups in total. The van der Waals surface area contributed by atoms with Crippen LogP contribution in [0.2, 0.25) is 5.02 Å². The van der Waals surface area contributed by atoms with Crippen molar-refractivity contribution in [2.24, 2.45) is 5.92 Å². The van der Waals surface area contributed by atoms with E-state index in [1.54, 1.807) is 25.1 Å².